The van der Waals surface area contributed by atoms with E-state index in [9.17, 15) is 8.42 Å². The lowest BCUT2D eigenvalue weighted by Crippen LogP contribution is -2.27. The number of hydrogen-bond donors (Lipinski definition) is 0. The average Bonchev–Trinajstić information content (AvgIpc) is 2.32. The second kappa shape index (κ2) is 5.49. The molecule has 6 heteroatoms. The average molecular weight is 362 g/mol. The van der Waals surface area contributed by atoms with E-state index in [-0.39, 0.29) is 27.1 Å². The summed E-state index contributed by atoms with van der Waals surface area (Å²) in [5.41, 5.74) is -0.172. The minimum absolute atomic E-state index is 0.0669. The summed E-state index contributed by atoms with van der Waals surface area (Å²) in [6.07, 6.45) is -0.172. The SMILES string of the molecule is CC(C)(C)OCCOC1CS(=O)(=O)CC1I. The molecule has 2 unspecified atom stereocenters. The van der Waals surface area contributed by atoms with Crippen molar-refractivity contribution < 1.29 is 17.9 Å². The molecule has 1 aliphatic heterocycles. The van der Waals surface area contributed by atoms with Crippen molar-refractivity contribution in [2.24, 2.45) is 0 Å². The Hall–Kier alpha value is 0.600. The molecule has 1 rings (SSSR count). The van der Waals surface area contributed by atoms with Gasteiger partial charge in [0.1, 0.15) is 0 Å². The summed E-state index contributed by atoms with van der Waals surface area (Å²) in [5.74, 6) is 0.383. The van der Waals surface area contributed by atoms with Crippen LogP contribution in [0.5, 0.6) is 0 Å². The highest BCUT2D eigenvalue weighted by Crippen LogP contribution is 2.22. The number of sulfone groups is 1. The summed E-state index contributed by atoms with van der Waals surface area (Å²) < 4.78 is 33.8. The van der Waals surface area contributed by atoms with Crippen LogP contribution in [-0.4, -0.2) is 48.8 Å². The summed E-state index contributed by atoms with van der Waals surface area (Å²) in [6.45, 7) is 6.90. The smallest absolute Gasteiger partial charge is 0.154 e. The minimum atomic E-state index is -2.88. The largest absolute Gasteiger partial charge is 0.374 e. The van der Waals surface area contributed by atoms with Crippen molar-refractivity contribution in [3.05, 3.63) is 0 Å². The van der Waals surface area contributed by atoms with Gasteiger partial charge in [0.2, 0.25) is 0 Å². The predicted molar refractivity (Wildman–Crippen MR) is 71.9 cm³/mol. The predicted octanol–water partition coefficient (Wildman–Crippen LogP) is 1.42. The van der Waals surface area contributed by atoms with E-state index in [0.717, 1.165) is 0 Å². The van der Waals surface area contributed by atoms with Crippen molar-refractivity contribution in [3.8, 4) is 0 Å². The fourth-order valence-electron chi connectivity index (χ4n) is 1.47. The van der Waals surface area contributed by atoms with E-state index in [4.69, 9.17) is 9.47 Å². The highest BCUT2D eigenvalue weighted by molar-refractivity contribution is 14.1. The number of halogens is 1. The Morgan fingerprint density at radius 2 is 1.88 bits per heavy atom. The second-order valence-corrected chi connectivity index (χ2v) is 8.72. The van der Waals surface area contributed by atoms with Crippen molar-refractivity contribution >= 4 is 32.4 Å². The van der Waals surface area contributed by atoms with Crippen molar-refractivity contribution in [2.75, 3.05) is 24.7 Å². The van der Waals surface area contributed by atoms with Crippen LogP contribution in [0.15, 0.2) is 0 Å². The number of rotatable bonds is 4. The third kappa shape index (κ3) is 5.29. The third-order valence-corrected chi connectivity index (χ3v) is 5.73. The van der Waals surface area contributed by atoms with Gasteiger partial charge in [0.05, 0.1) is 40.3 Å². The van der Waals surface area contributed by atoms with Crippen LogP contribution in [0.3, 0.4) is 0 Å². The summed E-state index contributed by atoms with van der Waals surface area (Å²) in [7, 11) is -2.88. The Balaban J connectivity index is 2.24. The number of ether oxygens (including phenoxy) is 2. The van der Waals surface area contributed by atoms with Crippen LogP contribution in [0, 0.1) is 0 Å². The lowest BCUT2D eigenvalue weighted by molar-refractivity contribution is -0.0457. The van der Waals surface area contributed by atoms with Crippen molar-refractivity contribution in [1.29, 1.82) is 0 Å². The first-order valence-corrected chi connectivity index (χ1v) is 8.36. The molecule has 1 aliphatic rings. The normalized spacial score (nSPS) is 29.5. The van der Waals surface area contributed by atoms with Gasteiger partial charge in [-0.3, -0.25) is 0 Å². The minimum Gasteiger partial charge on any atom is -0.374 e. The molecule has 0 aromatic heterocycles. The quantitative estimate of drug-likeness (QED) is 0.431. The second-order valence-electron chi connectivity index (χ2n) is 4.96. The molecule has 16 heavy (non-hydrogen) atoms. The van der Waals surface area contributed by atoms with E-state index in [0.29, 0.717) is 13.2 Å². The molecule has 4 nitrogen and oxygen atoms in total. The lowest BCUT2D eigenvalue weighted by Gasteiger charge is -2.20. The summed E-state index contributed by atoms with van der Waals surface area (Å²) in [6, 6.07) is 0. The zero-order valence-corrected chi connectivity index (χ0v) is 12.9. The Morgan fingerprint density at radius 1 is 1.25 bits per heavy atom. The summed E-state index contributed by atoms with van der Waals surface area (Å²) in [5, 5.41) is 0. The molecule has 2 atom stereocenters. The van der Waals surface area contributed by atoms with Gasteiger partial charge in [-0.25, -0.2) is 8.42 Å². The first-order valence-electron chi connectivity index (χ1n) is 5.30. The van der Waals surface area contributed by atoms with Gasteiger partial charge in [-0.2, -0.15) is 0 Å². The van der Waals surface area contributed by atoms with E-state index in [2.05, 4.69) is 22.6 Å². The van der Waals surface area contributed by atoms with Gasteiger partial charge in [-0.05, 0) is 20.8 Å². The van der Waals surface area contributed by atoms with Gasteiger partial charge in [-0.15, -0.1) is 0 Å². The van der Waals surface area contributed by atoms with Gasteiger partial charge in [-0.1, -0.05) is 22.6 Å². The van der Waals surface area contributed by atoms with E-state index in [1.807, 2.05) is 20.8 Å². The van der Waals surface area contributed by atoms with Crippen LogP contribution in [0.25, 0.3) is 0 Å². The molecule has 0 aromatic rings. The maximum absolute atomic E-state index is 11.3. The molecule has 1 fully saturated rings. The molecule has 0 amide bonds. The Morgan fingerprint density at radius 3 is 2.31 bits per heavy atom. The van der Waals surface area contributed by atoms with Crippen LogP contribution < -0.4 is 0 Å². The molecule has 0 saturated carbocycles. The van der Waals surface area contributed by atoms with E-state index >= 15 is 0 Å². The Bertz CT molecular complexity index is 320. The molecule has 0 radical (unpaired) electrons. The van der Waals surface area contributed by atoms with E-state index in [1.165, 1.54) is 0 Å². The Kier molecular flexibility index (Phi) is 5.03. The van der Waals surface area contributed by atoms with Crippen LogP contribution in [0.4, 0.5) is 0 Å². The fraction of sp³-hybridized carbons (Fsp3) is 1.00. The molecule has 1 saturated heterocycles. The van der Waals surface area contributed by atoms with E-state index in [1.54, 1.807) is 0 Å². The third-order valence-electron chi connectivity index (χ3n) is 2.19. The van der Waals surface area contributed by atoms with Crippen molar-refractivity contribution in [1.82, 2.24) is 0 Å². The molecule has 1 heterocycles. The maximum Gasteiger partial charge on any atom is 0.154 e. The summed E-state index contributed by atoms with van der Waals surface area (Å²) >= 11 is 2.14. The number of alkyl halides is 1. The van der Waals surface area contributed by atoms with Gasteiger partial charge >= 0.3 is 0 Å². The van der Waals surface area contributed by atoms with Gasteiger partial charge in [0.15, 0.2) is 9.84 Å². The van der Waals surface area contributed by atoms with Gasteiger partial charge < -0.3 is 9.47 Å². The van der Waals surface area contributed by atoms with Crippen LogP contribution in [0.1, 0.15) is 20.8 Å². The molecule has 96 valence electrons. The van der Waals surface area contributed by atoms with Crippen molar-refractivity contribution in [3.63, 3.8) is 0 Å². The monoisotopic (exact) mass is 362 g/mol. The zero-order valence-electron chi connectivity index (χ0n) is 9.90. The number of hydrogen-bond acceptors (Lipinski definition) is 4. The molecule has 0 bridgehead atoms. The Labute approximate surface area is 111 Å². The maximum atomic E-state index is 11.3. The topological polar surface area (TPSA) is 52.6 Å². The van der Waals surface area contributed by atoms with Crippen LogP contribution in [0.2, 0.25) is 0 Å². The van der Waals surface area contributed by atoms with Crippen LogP contribution >= 0.6 is 22.6 Å². The lowest BCUT2D eigenvalue weighted by atomic mass is 10.2. The van der Waals surface area contributed by atoms with Crippen molar-refractivity contribution in [2.45, 2.75) is 36.4 Å². The van der Waals surface area contributed by atoms with Crippen LogP contribution in [-0.2, 0) is 19.3 Å². The standard InChI is InChI=1S/C10H19IO4S/c1-10(2,3)15-5-4-14-9-7-16(12,13)6-8(9)11/h8-9H,4-7H2,1-3H3. The molecule has 0 N–H and O–H groups in total. The molecular weight excluding hydrogens is 343 g/mol. The first kappa shape index (κ1) is 14.7. The summed E-state index contributed by atoms with van der Waals surface area (Å²) in [4.78, 5) is 0. The highest BCUT2D eigenvalue weighted by Gasteiger charge is 2.36. The zero-order chi connectivity index (χ0) is 12.4. The van der Waals surface area contributed by atoms with E-state index < -0.39 is 9.84 Å². The van der Waals surface area contributed by atoms with Gasteiger partial charge in [0.25, 0.3) is 0 Å². The molecule has 0 spiro atoms. The molecule has 0 aliphatic carbocycles. The van der Waals surface area contributed by atoms with Gasteiger partial charge in [0, 0.05) is 0 Å². The molecule has 0 aromatic carbocycles. The molecular formula is C10H19IO4S. The first-order chi connectivity index (χ1) is 7.20. The highest BCUT2D eigenvalue weighted by atomic mass is 127. The fourth-order valence-corrected chi connectivity index (χ4v) is 5.59.